The third-order valence-electron chi connectivity index (χ3n) is 2.80. The maximum absolute atomic E-state index is 12.1. The Morgan fingerprint density at radius 1 is 1.67 bits per heavy atom. The predicted molar refractivity (Wildman–Crippen MR) is 64.4 cm³/mol. The van der Waals surface area contributed by atoms with Crippen molar-refractivity contribution in [2.45, 2.75) is 19.3 Å². The largest absolute Gasteiger partial charge is 0.304 e. The molecule has 0 aromatic carbocycles. The minimum absolute atomic E-state index is 0.158. The van der Waals surface area contributed by atoms with Crippen molar-refractivity contribution in [3.63, 3.8) is 0 Å². The number of amides is 1. The molecule has 0 saturated heterocycles. The topological polar surface area (TPSA) is 20.3 Å². The van der Waals surface area contributed by atoms with E-state index in [1.54, 1.807) is 17.8 Å². The lowest BCUT2D eigenvalue weighted by atomic mass is 10.00. The first-order valence-electron chi connectivity index (χ1n) is 5.20. The molecular formula is C12H15NOS. The van der Waals surface area contributed by atoms with Gasteiger partial charge in [0.25, 0.3) is 5.91 Å². The zero-order valence-corrected chi connectivity index (χ0v) is 9.77. The number of allylic oxidation sites excluding steroid dienone is 2. The normalized spacial score (nSPS) is 20.5. The quantitative estimate of drug-likeness (QED) is 0.683. The number of carbonyl (C=O) groups is 1. The summed E-state index contributed by atoms with van der Waals surface area (Å²) < 4.78 is 0. The van der Waals surface area contributed by atoms with Crippen molar-refractivity contribution < 1.29 is 4.79 Å². The van der Waals surface area contributed by atoms with Crippen LogP contribution in [0, 0.1) is 0 Å². The Kier molecular flexibility index (Phi) is 3.00. The van der Waals surface area contributed by atoms with Crippen molar-refractivity contribution in [3.05, 3.63) is 34.9 Å². The molecule has 80 valence electrons. The van der Waals surface area contributed by atoms with Gasteiger partial charge in [0.15, 0.2) is 0 Å². The monoisotopic (exact) mass is 221 g/mol. The van der Waals surface area contributed by atoms with Gasteiger partial charge in [-0.25, -0.2) is 0 Å². The third-order valence-corrected chi connectivity index (χ3v) is 3.63. The lowest BCUT2D eigenvalue weighted by Gasteiger charge is -2.20. The summed E-state index contributed by atoms with van der Waals surface area (Å²) in [4.78, 5) is 14.8. The van der Waals surface area contributed by atoms with Gasteiger partial charge in [-0.05, 0) is 31.1 Å². The summed E-state index contributed by atoms with van der Waals surface area (Å²) in [5.41, 5.74) is 2.39. The smallest absolute Gasteiger partial charge is 0.265 e. The van der Waals surface area contributed by atoms with Crippen molar-refractivity contribution >= 4 is 17.7 Å². The van der Waals surface area contributed by atoms with Gasteiger partial charge < -0.3 is 4.90 Å². The second-order valence-electron chi connectivity index (χ2n) is 3.70. The van der Waals surface area contributed by atoms with Gasteiger partial charge in [-0.1, -0.05) is 12.2 Å². The standard InChI is InChI=1S/C12H15NOS/c1-3-8-13-10-7-5-4-6-9(10)11(15-2)12(13)14/h3,7H,1,4-6,8H2,2H3. The Balaban J connectivity index is 2.39. The zero-order chi connectivity index (χ0) is 10.8. The van der Waals surface area contributed by atoms with E-state index >= 15 is 0 Å². The van der Waals surface area contributed by atoms with Crippen LogP contribution in [0.1, 0.15) is 19.3 Å². The molecule has 2 rings (SSSR count). The molecule has 3 heteroatoms. The molecule has 0 N–H and O–H groups in total. The van der Waals surface area contributed by atoms with Crippen LogP contribution < -0.4 is 0 Å². The van der Waals surface area contributed by atoms with E-state index in [0.29, 0.717) is 6.54 Å². The van der Waals surface area contributed by atoms with E-state index in [4.69, 9.17) is 0 Å². The number of rotatable bonds is 3. The molecule has 1 amide bonds. The highest BCUT2D eigenvalue weighted by atomic mass is 32.2. The molecule has 0 aromatic heterocycles. The van der Waals surface area contributed by atoms with Gasteiger partial charge in [-0.2, -0.15) is 0 Å². The average molecular weight is 221 g/mol. The summed E-state index contributed by atoms with van der Waals surface area (Å²) in [6.07, 6.45) is 9.24. The van der Waals surface area contributed by atoms with Crippen LogP contribution in [-0.2, 0) is 4.79 Å². The highest BCUT2D eigenvalue weighted by Crippen LogP contribution is 2.39. The number of carbonyl (C=O) groups excluding carboxylic acids is 1. The van der Waals surface area contributed by atoms with Crippen molar-refractivity contribution in [2.75, 3.05) is 12.8 Å². The molecule has 0 fully saturated rings. The molecule has 2 nitrogen and oxygen atoms in total. The molecule has 1 aliphatic heterocycles. The predicted octanol–water partition coefficient (Wildman–Crippen LogP) is 2.70. The van der Waals surface area contributed by atoms with E-state index in [9.17, 15) is 4.79 Å². The van der Waals surface area contributed by atoms with Crippen LogP contribution in [0.15, 0.2) is 34.9 Å². The second-order valence-corrected chi connectivity index (χ2v) is 4.51. The fourth-order valence-corrected chi connectivity index (χ4v) is 2.89. The number of hydrogen-bond acceptors (Lipinski definition) is 2. The number of nitrogens with zero attached hydrogens (tertiary/aromatic N) is 1. The van der Waals surface area contributed by atoms with Crippen molar-refractivity contribution in [1.82, 2.24) is 4.90 Å². The fourth-order valence-electron chi connectivity index (χ4n) is 2.15. The summed E-state index contributed by atoms with van der Waals surface area (Å²) in [5, 5.41) is 0. The van der Waals surface area contributed by atoms with Crippen molar-refractivity contribution in [3.8, 4) is 0 Å². The molecule has 1 aliphatic carbocycles. The minimum Gasteiger partial charge on any atom is -0.304 e. The maximum Gasteiger partial charge on any atom is 0.265 e. The van der Waals surface area contributed by atoms with E-state index in [1.165, 1.54) is 5.57 Å². The minimum atomic E-state index is 0.158. The van der Waals surface area contributed by atoms with Crippen LogP contribution in [0.2, 0.25) is 0 Å². The first-order valence-corrected chi connectivity index (χ1v) is 6.42. The van der Waals surface area contributed by atoms with Gasteiger partial charge in [-0.15, -0.1) is 18.3 Å². The zero-order valence-electron chi connectivity index (χ0n) is 8.95. The Morgan fingerprint density at radius 3 is 3.13 bits per heavy atom. The molecule has 0 spiro atoms. The van der Waals surface area contributed by atoms with Crippen LogP contribution in [0.25, 0.3) is 0 Å². The Bertz CT molecular complexity index is 368. The van der Waals surface area contributed by atoms with Gasteiger partial charge >= 0.3 is 0 Å². The summed E-state index contributed by atoms with van der Waals surface area (Å²) >= 11 is 1.57. The Hall–Kier alpha value is -0.960. The van der Waals surface area contributed by atoms with Gasteiger partial charge in [0, 0.05) is 12.2 Å². The Labute approximate surface area is 94.7 Å². The van der Waals surface area contributed by atoms with E-state index in [1.807, 2.05) is 11.2 Å². The van der Waals surface area contributed by atoms with Crippen LogP contribution in [-0.4, -0.2) is 23.6 Å². The van der Waals surface area contributed by atoms with Crippen LogP contribution in [0.4, 0.5) is 0 Å². The Morgan fingerprint density at radius 2 is 2.47 bits per heavy atom. The van der Waals surface area contributed by atoms with E-state index in [2.05, 4.69) is 12.7 Å². The van der Waals surface area contributed by atoms with Crippen LogP contribution >= 0.6 is 11.8 Å². The maximum atomic E-state index is 12.1. The van der Waals surface area contributed by atoms with E-state index in [-0.39, 0.29) is 5.91 Å². The number of thioether (sulfide) groups is 1. The second kappa shape index (κ2) is 4.27. The van der Waals surface area contributed by atoms with E-state index in [0.717, 1.165) is 29.9 Å². The van der Waals surface area contributed by atoms with Gasteiger partial charge in [0.2, 0.25) is 0 Å². The van der Waals surface area contributed by atoms with Gasteiger partial charge in [0.05, 0.1) is 4.91 Å². The molecule has 0 atom stereocenters. The molecule has 0 radical (unpaired) electrons. The summed E-state index contributed by atoms with van der Waals surface area (Å²) in [6.45, 7) is 4.32. The van der Waals surface area contributed by atoms with Crippen LogP contribution in [0.5, 0.6) is 0 Å². The highest BCUT2D eigenvalue weighted by Gasteiger charge is 2.34. The average Bonchev–Trinajstić information content (AvgIpc) is 2.53. The lowest BCUT2D eigenvalue weighted by molar-refractivity contribution is -0.123. The molecular weight excluding hydrogens is 206 g/mol. The van der Waals surface area contributed by atoms with Crippen molar-refractivity contribution in [1.29, 1.82) is 0 Å². The summed E-state index contributed by atoms with van der Waals surface area (Å²) in [7, 11) is 0. The summed E-state index contributed by atoms with van der Waals surface area (Å²) in [6, 6.07) is 0. The first kappa shape index (κ1) is 10.6. The lowest BCUT2D eigenvalue weighted by Crippen LogP contribution is -2.25. The van der Waals surface area contributed by atoms with E-state index < -0.39 is 0 Å². The fraction of sp³-hybridized carbons (Fsp3) is 0.417. The third kappa shape index (κ3) is 1.65. The molecule has 15 heavy (non-hydrogen) atoms. The number of fused-ring (bicyclic) bond motifs is 1. The van der Waals surface area contributed by atoms with Gasteiger partial charge in [0.1, 0.15) is 0 Å². The molecule has 1 heterocycles. The molecule has 0 bridgehead atoms. The van der Waals surface area contributed by atoms with Gasteiger partial charge in [-0.3, -0.25) is 4.79 Å². The highest BCUT2D eigenvalue weighted by molar-refractivity contribution is 8.03. The SMILES string of the molecule is C=CCN1C(=O)C(SC)=C2CCCC=C21. The molecule has 2 aliphatic rings. The molecule has 0 aromatic rings. The van der Waals surface area contributed by atoms with Crippen LogP contribution in [0.3, 0.4) is 0 Å². The first-order chi connectivity index (χ1) is 7.29. The van der Waals surface area contributed by atoms with Crippen molar-refractivity contribution in [2.24, 2.45) is 0 Å². The molecule has 0 unspecified atom stereocenters. The number of hydrogen-bond donors (Lipinski definition) is 0. The molecule has 0 saturated carbocycles. The summed E-state index contributed by atoms with van der Waals surface area (Å²) in [5.74, 6) is 0.158.